The number of carbonyl (C=O) groups is 1. The van der Waals surface area contributed by atoms with Crippen LogP contribution in [0, 0.1) is 5.92 Å². The van der Waals surface area contributed by atoms with Crippen molar-refractivity contribution in [3.63, 3.8) is 0 Å². The minimum absolute atomic E-state index is 0. The van der Waals surface area contributed by atoms with Gasteiger partial charge in [-0.05, 0) is 29.7 Å². The average Bonchev–Trinajstić information content (AvgIpc) is 3.06. The first-order valence-corrected chi connectivity index (χ1v) is 5.96. The van der Waals surface area contributed by atoms with Crippen molar-refractivity contribution >= 4 is 18.8 Å². The zero-order valence-electron chi connectivity index (χ0n) is 10.6. The molecule has 1 amide bonds. The van der Waals surface area contributed by atoms with Crippen LogP contribution in [-0.2, 0) is 10.2 Å². The Morgan fingerprint density at radius 3 is 2.24 bits per heavy atom. The van der Waals surface area contributed by atoms with E-state index in [2.05, 4.69) is 49.9 Å². The molecule has 2 N–H and O–H groups in total. The van der Waals surface area contributed by atoms with E-state index in [0.29, 0.717) is 5.41 Å². The number of rotatable bonds is 3. The van der Waals surface area contributed by atoms with Gasteiger partial charge in [0.1, 0.15) is 0 Å². The van der Waals surface area contributed by atoms with Crippen LogP contribution in [-0.4, -0.2) is 6.41 Å². The summed E-state index contributed by atoms with van der Waals surface area (Å²) < 4.78 is 0. The summed E-state index contributed by atoms with van der Waals surface area (Å²) in [5.41, 5.74) is 6.28. The minimum Gasteiger partial charge on any atom is -0.372 e. The fraction of sp³-hybridized carbons (Fsp3) is 0.500. The molecule has 1 aromatic carbocycles. The Morgan fingerprint density at radius 2 is 1.88 bits per heavy atom. The summed E-state index contributed by atoms with van der Waals surface area (Å²) in [5, 5.41) is 0. The molecule has 96 valence electrons. The summed E-state index contributed by atoms with van der Waals surface area (Å²) in [4.78, 5) is 8.58. The molecule has 17 heavy (non-hydrogen) atoms. The standard InChI is InChI=1S/C13H18.CH3NO.ClH/c1-3-11-10-13(11,4-2)12-8-6-5-7-9-12;2-1-3;/h5-9,11H,3-4,10H2,1-2H3;1H,(H2,2,3);1H. The summed E-state index contributed by atoms with van der Waals surface area (Å²) in [5.74, 6) is 0.944. The van der Waals surface area contributed by atoms with Crippen molar-refractivity contribution in [2.24, 2.45) is 11.7 Å². The van der Waals surface area contributed by atoms with Crippen LogP contribution >= 0.6 is 12.4 Å². The fourth-order valence-electron chi connectivity index (χ4n) is 2.68. The highest BCUT2D eigenvalue weighted by Crippen LogP contribution is 2.58. The van der Waals surface area contributed by atoms with E-state index < -0.39 is 0 Å². The molecule has 2 atom stereocenters. The summed E-state index contributed by atoms with van der Waals surface area (Å²) >= 11 is 0. The first-order valence-electron chi connectivity index (χ1n) is 5.96. The van der Waals surface area contributed by atoms with Gasteiger partial charge in [0.05, 0.1) is 0 Å². The van der Waals surface area contributed by atoms with Gasteiger partial charge in [-0.25, -0.2) is 0 Å². The van der Waals surface area contributed by atoms with E-state index in [1.807, 2.05) is 0 Å². The first-order chi connectivity index (χ1) is 7.75. The minimum atomic E-state index is 0. The number of carbonyl (C=O) groups excluding carboxylic acids is 1. The lowest BCUT2D eigenvalue weighted by Crippen LogP contribution is -2.07. The lowest BCUT2D eigenvalue weighted by molar-refractivity contribution is -0.106. The SMILES string of the molecule is CCC1CC1(CC)c1ccccc1.Cl.NC=O. The summed E-state index contributed by atoms with van der Waals surface area (Å²) in [6.45, 7) is 4.63. The van der Waals surface area contributed by atoms with Crippen LogP contribution in [0.5, 0.6) is 0 Å². The normalized spacial score (nSPS) is 24.9. The highest BCUT2D eigenvalue weighted by atomic mass is 35.5. The molecular weight excluding hydrogens is 234 g/mol. The third kappa shape index (κ3) is 3.47. The van der Waals surface area contributed by atoms with Crippen LogP contribution in [0.3, 0.4) is 0 Å². The van der Waals surface area contributed by atoms with E-state index in [4.69, 9.17) is 4.79 Å². The monoisotopic (exact) mass is 255 g/mol. The number of hydrogen-bond donors (Lipinski definition) is 1. The van der Waals surface area contributed by atoms with E-state index >= 15 is 0 Å². The van der Waals surface area contributed by atoms with Gasteiger partial charge in [0.25, 0.3) is 0 Å². The average molecular weight is 256 g/mol. The van der Waals surface area contributed by atoms with Crippen LogP contribution in [0.15, 0.2) is 30.3 Å². The Bertz CT molecular complexity index is 328. The zero-order chi connectivity index (χ0) is 12.0. The highest BCUT2D eigenvalue weighted by molar-refractivity contribution is 5.85. The molecule has 2 unspecified atom stereocenters. The van der Waals surface area contributed by atoms with Crippen molar-refractivity contribution in [1.29, 1.82) is 0 Å². The Kier molecular flexibility index (Phi) is 6.89. The Morgan fingerprint density at radius 1 is 1.35 bits per heavy atom. The van der Waals surface area contributed by atoms with Crippen LogP contribution < -0.4 is 5.73 Å². The van der Waals surface area contributed by atoms with Gasteiger partial charge in [0.15, 0.2) is 0 Å². The van der Waals surface area contributed by atoms with Gasteiger partial charge in [0.2, 0.25) is 6.41 Å². The van der Waals surface area contributed by atoms with Crippen molar-refractivity contribution in [3.8, 4) is 0 Å². The van der Waals surface area contributed by atoms with E-state index in [1.165, 1.54) is 19.3 Å². The second-order valence-corrected chi connectivity index (χ2v) is 4.32. The number of nitrogens with two attached hydrogens (primary N) is 1. The Hall–Kier alpha value is -1.02. The van der Waals surface area contributed by atoms with Gasteiger partial charge in [-0.2, -0.15) is 0 Å². The maximum atomic E-state index is 8.58. The predicted molar refractivity (Wildman–Crippen MR) is 74.3 cm³/mol. The van der Waals surface area contributed by atoms with Crippen molar-refractivity contribution in [1.82, 2.24) is 0 Å². The third-order valence-electron chi connectivity index (χ3n) is 3.70. The smallest absolute Gasteiger partial charge is 0.204 e. The summed E-state index contributed by atoms with van der Waals surface area (Å²) in [6, 6.07) is 11.0. The van der Waals surface area contributed by atoms with Crippen LogP contribution in [0.2, 0.25) is 0 Å². The second-order valence-electron chi connectivity index (χ2n) is 4.32. The molecular formula is C14H22ClNO. The molecule has 1 aromatic rings. The molecule has 3 heteroatoms. The molecule has 0 spiro atoms. The fourth-order valence-corrected chi connectivity index (χ4v) is 2.68. The van der Waals surface area contributed by atoms with Crippen molar-refractivity contribution in [2.45, 2.75) is 38.5 Å². The third-order valence-corrected chi connectivity index (χ3v) is 3.70. The molecule has 1 aliphatic rings. The van der Waals surface area contributed by atoms with E-state index in [-0.39, 0.29) is 18.8 Å². The number of benzene rings is 1. The number of halogens is 1. The summed E-state index contributed by atoms with van der Waals surface area (Å²) in [7, 11) is 0. The molecule has 0 heterocycles. The lowest BCUT2D eigenvalue weighted by atomic mass is 9.90. The molecule has 0 radical (unpaired) electrons. The maximum Gasteiger partial charge on any atom is 0.204 e. The van der Waals surface area contributed by atoms with E-state index in [1.54, 1.807) is 5.56 Å². The second kappa shape index (κ2) is 7.33. The quantitative estimate of drug-likeness (QED) is 0.828. The van der Waals surface area contributed by atoms with Gasteiger partial charge in [-0.3, -0.25) is 4.79 Å². The molecule has 0 saturated heterocycles. The molecule has 0 bridgehead atoms. The van der Waals surface area contributed by atoms with E-state index in [9.17, 15) is 0 Å². The maximum absolute atomic E-state index is 8.58. The molecule has 2 nitrogen and oxygen atoms in total. The van der Waals surface area contributed by atoms with Crippen LogP contribution in [0.1, 0.15) is 38.7 Å². The van der Waals surface area contributed by atoms with Crippen molar-refractivity contribution < 1.29 is 4.79 Å². The molecule has 2 rings (SSSR count). The van der Waals surface area contributed by atoms with E-state index in [0.717, 1.165) is 5.92 Å². The summed E-state index contributed by atoms with van der Waals surface area (Å²) in [6.07, 6.45) is 4.29. The van der Waals surface area contributed by atoms with Crippen LogP contribution in [0.4, 0.5) is 0 Å². The van der Waals surface area contributed by atoms with Crippen molar-refractivity contribution in [3.05, 3.63) is 35.9 Å². The first kappa shape index (κ1) is 16.0. The predicted octanol–water partition coefficient (Wildman–Crippen LogP) is 3.29. The zero-order valence-corrected chi connectivity index (χ0v) is 11.4. The van der Waals surface area contributed by atoms with Gasteiger partial charge < -0.3 is 5.73 Å². The molecule has 0 aromatic heterocycles. The number of hydrogen-bond acceptors (Lipinski definition) is 1. The van der Waals surface area contributed by atoms with Gasteiger partial charge in [-0.15, -0.1) is 12.4 Å². The Labute approximate surface area is 110 Å². The molecule has 0 aliphatic heterocycles. The highest BCUT2D eigenvalue weighted by Gasteiger charge is 2.51. The van der Waals surface area contributed by atoms with Gasteiger partial charge in [-0.1, -0.05) is 50.6 Å². The lowest BCUT2D eigenvalue weighted by Gasteiger charge is -2.14. The molecule has 1 saturated carbocycles. The van der Waals surface area contributed by atoms with Gasteiger partial charge in [0, 0.05) is 0 Å². The topological polar surface area (TPSA) is 43.1 Å². The number of amides is 1. The van der Waals surface area contributed by atoms with Crippen molar-refractivity contribution in [2.75, 3.05) is 0 Å². The van der Waals surface area contributed by atoms with Crippen LogP contribution in [0.25, 0.3) is 0 Å². The Balaban J connectivity index is 0.000000583. The van der Waals surface area contributed by atoms with Gasteiger partial charge >= 0.3 is 0 Å². The number of primary amides is 1. The largest absolute Gasteiger partial charge is 0.372 e. The molecule has 1 fully saturated rings. The molecule has 1 aliphatic carbocycles.